The van der Waals surface area contributed by atoms with E-state index in [4.69, 9.17) is 0 Å². The van der Waals surface area contributed by atoms with E-state index in [1.165, 1.54) is 12.1 Å². The van der Waals surface area contributed by atoms with Gasteiger partial charge in [-0.1, -0.05) is 18.2 Å². The maximum absolute atomic E-state index is 13.1. The molecule has 2 rings (SSSR count). The maximum Gasteiger partial charge on any atom is 0.227 e. The number of aryl methyl sites for hydroxylation is 1. The Kier molecular flexibility index (Phi) is 3.57. The van der Waals surface area contributed by atoms with Crippen LogP contribution in [-0.2, 0) is 4.79 Å². The molecule has 0 radical (unpaired) electrons. The van der Waals surface area contributed by atoms with Crippen LogP contribution < -0.4 is 5.32 Å². The van der Waals surface area contributed by atoms with Crippen LogP contribution in [0, 0.1) is 18.7 Å². The largest absolute Gasteiger partial charge is 0.325 e. The molecule has 0 bridgehead atoms. The summed E-state index contributed by atoms with van der Waals surface area (Å²) in [5.41, 5.74) is 1.45. The van der Waals surface area contributed by atoms with Gasteiger partial charge >= 0.3 is 0 Å². The third-order valence-electron chi connectivity index (χ3n) is 3.10. The summed E-state index contributed by atoms with van der Waals surface area (Å²) in [6.45, 7) is 1.86. The van der Waals surface area contributed by atoms with Gasteiger partial charge in [-0.25, -0.2) is 4.39 Å². The predicted molar refractivity (Wildman–Crippen MR) is 66.2 cm³/mol. The lowest BCUT2D eigenvalue weighted by atomic mass is 9.93. The first-order valence-corrected chi connectivity index (χ1v) is 5.89. The summed E-state index contributed by atoms with van der Waals surface area (Å²) in [5, 5.41) is 2.81. The molecule has 90 valence electrons. The third kappa shape index (κ3) is 2.93. The third-order valence-corrected chi connectivity index (χ3v) is 3.10. The predicted octanol–water partition coefficient (Wildman–Crippen LogP) is 3.43. The normalized spacial score (nSPS) is 19.1. The van der Waals surface area contributed by atoms with Crippen molar-refractivity contribution in [1.29, 1.82) is 0 Å². The Labute approximate surface area is 101 Å². The second-order valence-electron chi connectivity index (χ2n) is 4.43. The van der Waals surface area contributed by atoms with Gasteiger partial charge in [0, 0.05) is 11.6 Å². The smallest absolute Gasteiger partial charge is 0.227 e. The minimum Gasteiger partial charge on any atom is -0.325 e. The molecular formula is C14H16FNO. The zero-order chi connectivity index (χ0) is 12.3. The highest BCUT2D eigenvalue weighted by Gasteiger charge is 2.19. The summed E-state index contributed by atoms with van der Waals surface area (Å²) in [4.78, 5) is 12.0. The lowest BCUT2D eigenvalue weighted by molar-refractivity contribution is -0.120. The van der Waals surface area contributed by atoms with Gasteiger partial charge in [0.1, 0.15) is 5.82 Å². The van der Waals surface area contributed by atoms with Crippen LogP contribution in [0.5, 0.6) is 0 Å². The molecule has 0 saturated carbocycles. The summed E-state index contributed by atoms with van der Waals surface area (Å²) < 4.78 is 13.1. The molecule has 0 heterocycles. The SMILES string of the molecule is Cc1ccc(F)cc1NC(=O)[C@@H]1CC=CCC1. The molecule has 1 aliphatic carbocycles. The number of nitrogens with one attached hydrogen (secondary N) is 1. The first-order chi connectivity index (χ1) is 8.16. The molecule has 0 aromatic heterocycles. The van der Waals surface area contributed by atoms with Crippen LogP contribution >= 0.6 is 0 Å². The van der Waals surface area contributed by atoms with E-state index in [-0.39, 0.29) is 17.6 Å². The van der Waals surface area contributed by atoms with Gasteiger partial charge < -0.3 is 5.32 Å². The fraction of sp³-hybridized carbons (Fsp3) is 0.357. The number of halogens is 1. The summed E-state index contributed by atoms with van der Waals surface area (Å²) in [6.07, 6.45) is 6.72. The maximum atomic E-state index is 13.1. The van der Waals surface area contributed by atoms with Crippen molar-refractivity contribution in [2.45, 2.75) is 26.2 Å². The molecule has 0 saturated heterocycles. The molecule has 1 aromatic carbocycles. The summed E-state index contributed by atoms with van der Waals surface area (Å²) >= 11 is 0. The summed E-state index contributed by atoms with van der Waals surface area (Å²) in [7, 11) is 0. The van der Waals surface area contributed by atoms with Crippen LogP contribution in [0.1, 0.15) is 24.8 Å². The fourth-order valence-corrected chi connectivity index (χ4v) is 2.00. The molecule has 0 unspecified atom stereocenters. The van der Waals surface area contributed by atoms with E-state index >= 15 is 0 Å². The minimum atomic E-state index is -0.325. The molecule has 2 nitrogen and oxygen atoms in total. The van der Waals surface area contributed by atoms with Gasteiger partial charge in [0.25, 0.3) is 0 Å². The highest BCUT2D eigenvalue weighted by molar-refractivity contribution is 5.93. The molecule has 0 spiro atoms. The Bertz CT molecular complexity index is 454. The van der Waals surface area contributed by atoms with Crippen molar-refractivity contribution in [2.24, 2.45) is 5.92 Å². The Morgan fingerprint density at radius 2 is 2.24 bits per heavy atom. The quantitative estimate of drug-likeness (QED) is 0.779. The van der Waals surface area contributed by atoms with Crippen molar-refractivity contribution < 1.29 is 9.18 Å². The number of anilines is 1. The van der Waals surface area contributed by atoms with Crippen LogP contribution in [0.3, 0.4) is 0 Å². The second-order valence-corrected chi connectivity index (χ2v) is 4.43. The second kappa shape index (κ2) is 5.13. The van der Waals surface area contributed by atoms with Gasteiger partial charge in [0.05, 0.1) is 0 Å². The van der Waals surface area contributed by atoms with Crippen LogP contribution in [0.15, 0.2) is 30.4 Å². The van der Waals surface area contributed by atoms with E-state index < -0.39 is 0 Å². The lowest BCUT2D eigenvalue weighted by Crippen LogP contribution is -2.23. The highest BCUT2D eigenvalue weighted by Crippen LogP contribution is 2.22. The van der Waals surface area contributed by atoms with E-state index in [0.717, 1.165) is 24.8 Å². The zero-order valence-electron chi connectivity index (χ0n) is 9.87. The highest BCUT2D eigenvalue weighted by atomic mass is 19.1. The van der Waals surface area contributed by atoms with Crippen LogP contribution in [0.4, 0.5) is 10.1 Å². The average Bonchev–Trinajstić information content (AvgIpc) is 2.35. The van der Waals surface area contributed by atoms with Crippen molar-refractivity contribution >= 4 is 11.6 Å². The van der Waals surface area contributed by atoms with Crippen LogP contribution in [0.2, 0.25) is 0 Å². The average molecular weight is 233 g/mol. The van der Waals surface area contributed by atoms with Gasteiger partial charge in [0.15, 0.2) is 0 Å². The molecule has 3 heteroatoms. The molecule has 1 atom stereocenters. The Hall–Kier alpha value is -1.64. The standard InChI is InChI=1S/C14H16FNO/c1-10-7-8-12(15)9-13(10)16-14(17)11-5-3-2-4-6-11/h2-3,7-9,11H,4-6H2,1H3,(H,16,17)/t11-/m1/s1. The number of allylic oxidation sites excluding steroid dienone is 2. The molecule has 1 aliphatic rings. The summed E-state index contributed by atoms with van der Waals surface area (Å²) in [6, 6.07) is 4.44. The van der Waals surface area contributed by atoms with Crippen molar-refractivity contribution in [3.8, 4) is 0 Å². The van der Waals surface area contributed by atoms with Crippen molar-refractivity contribution in [3.63, 3.8) is 0 Å². The van der Waals surface area contributed by atoms with Gasteiger partial charge in [-0.15, -0.1) is 0 Å². The monoisotopic (exact) mass is 233 g/mol. The van der Waals surface area contributed by atoms with Gasteiger partial charge in [0.2, 0.25) is 5.91 Å². The Morgan fingerprint density at radius 3 is 2.94 bits per heavy atom. The molecular weight excluding hydrogens is 217 g/mol. The number of hydrogen-bond acceptors (Lipinski definition) is 1. The number of benzene rings is 1. The van der Waals surface area contributed by atoms with E-state index in [1.54, 1.807) is 6.07 Å². The fourth-order valence-electron chi connectivity index (χ4n) is 2.00. The Morgan fingerprint density at radius 1 is 1.41 bits per heavy atom. The number of rotatable bonds is 2. The van der Waals surface area contributed by atoms with E-state index in [1.807, 2.05) is 13.0 Å². The molecule has 17 heavy (non-hydrogen) atoms. The Balaban J connectivity index is 2.07. The molecule has 0 aliphatic heterocycles. The molecule has 1 amide bonds. The van der Waals surface area contributed by atoms with E-state index in [2.05, 4.69) is 11.4 Å². The van der Waals surface area contributed by atoms with Crippen LogP contribution in [0.25, 0.3) is 0 Å². The minimum absolute atomic E-state index is 0.0111. The van der Waals surface area contributed by atoms with Crippen molar-refractivity contribution in [2.75, 3.05) is 5.32 Å². The van der Waals surface area contributed by atoms with Crippen molar-refractivity contribution in [1.82, 2.24) is 0 Å². The molecule has 1 aromatic rings. The molecule has 0 fully saturated rings. The van der Waals surface area contributed by atoms with Gasteiger partial charge in [-0.2, -0.15) is 0 Å². The number of carbonyl (C=O) groups is 1. The lowest BCUT2D eigenvalue weighted by Gasteiger charge is -2.18. The van der Waals surface area contributed by atoms with E-state index in [9.17, 15) is 9.18 Å². The van der Waals surface area contributed by atoms with E-state index in [0.29, 0.717) is 5.69 Å². The zero-order valence-corrected chi connectivity index (χ0v) is 9.87. The topological polar surface area (TPSA) is 29.1 Å². The van der Waals surface area contributed by atoms with Crippen molar-refractivity contribution in [3.05, 3.63) is 41.7 Å². The molecule has 1 N–H and O–H groups in total. The van der Waals surface area contributed by atoms with Gasteiger partial charge in [-0.05, 0) is 43.9 Å². The number of carbonyl (C=O) groups excluding carboxylic acids is 1. The van der Waals surface area contributed by atoms with Crippen LogP contribution in [-0.4, -0.2) is 5.91 Å². The number of amides is 1. The van der Waals surface area contributed by atoms with Gasteiger partial charge in [-0.3, -0.25) is 4.79 Å². The summed E-state index contributed by atoms with van der Waals surface area (Å²) in [5.74, 6) is -0.319. The number of hydrogen-bond donors (Lipinski definition) is 1. The first-order valence-electron chi connectivity index (χ1n) is 5.89. The first kappa shape index (κ1) is 11.8.